The lowest BCUT2D eigenvalue weighted by molar-refractivity contribution is 0.250. The van der Waals surface area contributed by atoms with Crippen molar-refractivity contribution in [3.8, 4) is 0 Å². The Bertz CT molecular complexity index is 1050. The van der Waals surface area contributed by atoms with E-state index in [1.807, 2.05) is 32.3 Å². The first kappa shape index (κ1) is 26.3. The molecular formula is C30H40N4O. The summed E-state index contributed by atoms with van der Waals surface area (Å²) < 4.78 is 0. The van der Waals surface area contributed by atoms with Crippen LogP contribution in [0.4, 0.5) is 16.2 Å². The van der Waals surface area contributed by atoms with Gasteiger partial charge in [0.25, 0.3) is 0 Å². The van der Waals surface area contributed by atoms with E-state index in [9.17, 15) is 4.79 Å². The SMILES string of the molecule is CC(C)c1cccc(C(C)C)c1NC(=O)NC[C@H](NCc1ccc(N(C)C)cc1)c1ccccc1. The molecule has 0 saturated heterocycles. The van der Waals surface area contributed by atoms with Crippen LogP contribution < -0.4 is 20.9 Å². The van der Waals surface area contributed by atoms with Crippen LogP contribution in [0.3, 0.4) is 0 Å². The highest BCUT2D eigenvalue weighted by Crippen LogP contribution is 2.32. The molecule has 0 aliphatic heterocycles. The number of urea groups is 1. The molecular weight excluding hydrogens is 432 g/mol. The monoisotopic (exact) mass is 472 g/mol. The summed E-state index contributed by atoms with van der Waals surface area (Å²) in [6.07, 6.45) is 0. The highest BCUT2D eigenvalue weighted by Gasteiger charge is 2.17. The number of rotatable bonds is 10. The third-order valence-corrected chi connectivity index (χ3v) is 6.29. The lowest BCUT2D eigenvalue weighted by atomic mass is 9.93. The molecule has 2 amide bonds. The van der Waals surface area contributed by atoms with Crippen LogP contribution in [0.25, 0.3) is 0 Å². The number of nitrogens with zero attached hydrogens (tertiary/aromatic N) is 1. The Hall–Kier alpha value is -3.31. The van der Waals surface area contributed by atoms with E-state index in [-0.39, 0.29) is 12.1 Å². The molecule has 35 heavy (non-hydrogen) atoms. The molecule has 5 nitrogen and oxygen atoms in total. The maximum Gasteiger partial charge on any atom is 0.319 e. The Kier molecular flexibility index (Phi) is 9.32. The Morgan fingerprint density at radius 1 is 0.800 bits per heavy atom. The molecule has 0 bridgehead atoms. The number of nitrogens with one attached hydrogen (secondary N) is 3. The summed E-state index contributed by atoms with van der Waals surface area (Å²) in [4.78, 5) is 15.1. The van der Waals surface area contributed by atoms with Crippen molar-refractivity contribution in [2.75, 3.05) is 30.9 Å². The molecule has 3 N–H and O–H groups in total. The summed E-state index contributed by atoms with van der Waals surface area (Å²) in [5.41, 5.74) is 6.77. The lowest BCUT2D eigenvalue weighted by Gasteiger charge is -2.23. The average Bonchev–Trinajstić information content (AvgIpc) is 2.84. The number of anilines is 2. The first-order chi connectivity index (χ1) is 16.8. The van der Waals surface area contributed by atoms with Crippen molar-refractivity contribution >= 4 is 17.4 Å². The van der Waals surface area contributed by atoms with Crippen molar-refractivity contribution in [1.82, 2.24) is 10.6 Å². The molecule has 0 aliphatic rings. The van der Waals surface area contributed by atoms with Gasteiger partial charge in [-0.25, -0.2) is 4.79 Å². The van der Waals surface area contributed by atoms with Crippen LogP contribution in [0.15, 0.2) is 72.8 Å². The van der Waals surface area contributed by atoms with Crippen LogP contribution in [0.2, 0.25) is 0 Å². The van der Waals surface area contributed by atoms with Crippen molar-refractivity contribution in [3.05, 3.63) is 95.1 Å². The number of carbonyl (C=O) groups excluding carboxylic acids is 1. The lowest BCUT2D eigenvalue weighted by Crippen LogP contribution is -2.37. The average molecular weight is 473 g/mol. The van der Waals surface area contributed by atoms with Crippen LogP contribution in [-0.4, -0.2) is 26.7 Å². The molecule has 0 spiro atoms. The zero-order valence-electron chi connectivity index (χ0n) is 21.9. The molecule has 0 heterocycles. The topological polar surface area (TPSA) is 56.4 Å². The van der Waals surface area contributed by atoms with Gasteiger partial charge >= 0.3 is 6.03 Å². The Morgan fingerprint density at radius 2 is 1.40 bits per heavy atom. The van der Waals surface area contributed by atoms with Crippen molar-refractivity contribution in [2.45, 2.75) is 52.1 Å². The first-order valence-corrected chi connectivity index (χ1v) is 12.5. The van der Waals surface area contributed by atoms with Crippen molar-refractivity contribution < 1.29 is 4.79 Å². The molecule has 0 aliphatic carbocycles. The zero-order valence-corrected chi connectivity index (χ0v) is 21.9. The van der Waals surface area contributed by atoms with Crippen LogP contribution in [0, 0.1) is 0 Å². The van der Waals surface area contributed by atoms with E-state index in [1.54, 1.807) is 0 Å². The number of para-hydroxylation sites is 1. The summed E-state index contributed by atoms with van der Waals surface area (Å²) in [5, 5.41) is 9.88. The standard InChI is InChI=1S/C30H40N4O/c1-21(2)26-13-10-14-27(22(3)4)29(26)33-30(35)32-20-28(24-11-8-7-9-12-24)31-19-23-15-17-25(18-16-23)34(5)6/h7-18,21-22,28,31H,19-20H2,1-6H3,(H2,32,33,35)/t28-/m0/s1. The molecule has 0 radical (unpaired) electrons. The molecule has 0 fully saturated rings. The molecule has 186 valence electrons. The van der Waals surface area contributed by atoms with Gasteiger partial charge in [0.1, 0.15) is 0 Å². The van der Waals surface area contributed by atoms with Crippen LogP contribution in [-0.2, 0) is 6.54 Å². The number of hydrogen-bond acceptors (Lipinski definition) is 3. The Balaban J connectivity index is 1.70. The van der Waals surface area contributed by atoms with E-state index in [0.29, 0.717) is 24.9 Å². The zero-order chi connectivity index (χ0) is 25.4. The van der Waals surface area contributed by atoms with Crippen molar-refractivity contribution in [2.24, 2.45) is 0 Å². The maximum absolute atomic E-state index is 13.0. The second-order valence-corrected chi connectivity index (χ2v) is 9.86. The van der Waals surface area contributed by atoms with Gasteiger partial charge in [0.15, 0.2) is 0 Å². The molecule has 0 saturated carbocycles. The van der Waals surface area contributed by atoms with Gasteiger partial charge in [-0.15, -0.1) is 0 Å². The first-order valence-electron chi connectivity index (χ1n) is 12.5. The second-order valence-electron chi connectivity index (χ2n) is 9.86. The Labute approximate surface area is 210 Å². The predicted octanol–water partition coefficient (Wildman–Crippen LogP) is 6.65. The van der Waals surface area contributed by atoms with Gasteiger partial charge < -0.3 is 20.9 Å². The molecule has 1 atom stereocenters. The molecule has 0 unspecified atom stereocenters. The largest absolute Gasteiger partial charge is 0.378 e. The van der Waals surface area contributed by atoms with Gasteiger partial charge in [-0.05, 0) is 46.2 Å². The fourth-order valence-electron chi connectivity index (χ4n) is 4.19. The maximum atomic E-state index is 13.0. The minimum atomic E-state index is -0.182. The van der Waals surface area contributed by atoms with Crippen molar-refractivity contribution in [1.29, 1.82) is 0 Å². The minimum absolute atomic E-state index is 0.0135. The van der Waals surface area contributed by atoms with Gasteiger partial charge in [0.05, 0.1) is 0 Å². The second kappa shape index (κ2) is 12.4. The van der Waals surface area contributed by atoms with Crippen LogP contribution >= 0.6 is 0 Å². The van der Waals surface area contributed by atoms with Gasteiger partial charge in [0, 0.05) is 44.6 Å². The van der Waals surface area contributed by atoms with E-state index in [0.717, 1.165) is 22.4 Å². The normalized spacial score (nSPS) is 12.0. The fourth-order valence-corrected chi connectivity index (χ4v) is 4.19. The summed E-state index contributed by atoms with van der Waals surface area (Å²) in [6.45, 7) is 9.81. The van der Waals surface area contributed by atoms with Crippen LogP contribution in [0.5, 0.6) is 0 Å². The molecule has 3 aromatic carbocycles. The van der Waals surface area contributed by atoms with Crippen molar-refractivity contribution in [3.63, 3.8) is 0 Å². The third-order valence-electron chi connectivity index (χ3n) is 6.29. The Morgan fingerprint density at radius 3 is 1.94 bits per heavy atom. The highest BCUT2D eigenvalue weighted by molar-refractivity contribution is 5.91. The number of amides is 2. The van der Waals surface area contributed by atoms with Gasteiger partial charge in [-0.3, -0.25) is 0 Å². The van der Waals surface area contributed by atoms with E-state index in [4.69, 9.17) is 0 Å². The van der Waals surface area contributed by atoms with Gasteiger partial charge in [-0.2, -0.15) is 0 Å². The molecule has 5 heteroatoms. The third kappa shape index (κ3) is 7.33. The van der Waals surface area contributed by atoms with Gasteiger partial charge in [-0.1, -0.05) is 88.4 Å². The number of hydrogen-bond donors (Lipinski definition) is 3. The van der Waals surface area contributed by atoms with Gasteiger partial charge in [0.2, 0.25) is 0 Å². The summed E-state index contributed by atoms with van der Waals surface area (Å²) in [7, 11) is 4.08. The fraction of sp³-hybridized carbons (Fsp3) is 0.367. The molecule has 3 aromatic rings. The quantitative estimate of drug-likeness (QED) is 0.309. The smallest absolute Gasteiger partial charge is 0.319 e. The summed E-state index contributed by atoms with van der Waals surface area (Å²) in [6, 6.07) is 24.9. The van der Waals surface area contributed by atoms with E-state index < -0.39 is 0 Å². The molecule has 3 rings (SSSR count). The number of benzene rings is 3. The van der Waals surface area contributed by atoms with E-state index >= 15 is 0 Å². The number of carbonyl (C=O) groups is 1. The van der Waals surface area contributed by atoms with E-state index in [1.165, 1.54) is 11.3 Å². The highest BCUT2D eigenvalue weighted by atomic mass is 16.2. The minimum Gasteiger partial charge on any atom is -0.378 e. The summed E-state index contributed by atoms with van der Waals surface area (Å²) >= 11 is 0. The van der Waals surface area contributed by atoms with Crippen LogP contribution in [0.1, 0.15) is 67.8 Å². The van der Waals surface area contributed by atoms with E-state index in [2.05, 4.69) is 103 Å². The predicted molar refractivity (Wildman–Crippen MR) is 148 cm³/mol. The summed E-state index contributed by atoms with van der Waals surface area (Å²) in [5.74, 6) is 0.642. The molecule has 0 aromatic heterocycles.